The van der Waals surface area contributed by atoms with E-state index in [-0.39, 0.29) is 10.8 Å². The smallest absolute Gasteiger partial charge is 0.223 e. The van der Waals surface area contributed by atoms with Gasteiger partial charge in [0.15, 0.2) is 0 Å². The number of hydrogen-bond acceptors (Lipinski definition) is 4. The molecule has 0 saturated carbocycles. The highest BCUT2D eigenvalue weighted by atomic mass is 32.1. The second-order valence-corrected chi connectivity index (χ2v) is 6.20. The molecule has 0 bridgehead atoms. The average molecular weight is 268 g/mol. The van der Waals surface area contributed by atoms with Gasteiger partial charge in [0.25, 0.3) is 0 Å². The van der Waals surface area contributed by atoms with Crippen LogP contribution in [0.15, 0.2) is 4.79 Å². The Hall–Kier alpha value is -0.900. The third-order valence-corrected chi connectivity index (χ3v) is 3.52. The van der Waals surface area contributed by atoms with Crippen molar-refractivity contribution < 1.29 is 0 Å². The summed E-state index contributed by atoms with van der Waals surface area (Å²) >= 11 is 5.15. The highest BCUT2D eigenvalue weighted by Gasteiger charge is 2.21. The van der Waals surface area contributed by atoms with Gasteiger partial charge in [-0.2, -0.15) is 0 Å². The summed E-state index contributed by atoms with van der Waals surface area (Å²) in [6.07, 6.45) is 1.03. The zero-order valence-electron chi connectivity index (χ0n) is 12.1. The molecule has 0 aliphatic rings. The summed E-state index contributed by atoms with van der Waals surface area (Å²) in [5.74, 6) is 0. The van der Waals surface area contributed by atoms with Crippen LogP contribution in [-0.4, -0.2) is 19.6 Å². The average Bonchev–Trinajstić information content (AvgIpc) is 2.30. The van der Waals surface area contributed by atoms with Crippen molar-refractivity contribution in [2.75, 3.05) is 29.9 Å². The van der Waals surface area contributed by atoms with Crippen LogP contribution in [0.4, 0.5) is 11.4 Å². The molecule has 0 unspecified atom stereocenters. The molecular weight excluding hydrogens is 244 g/mol. The van der Waals surface area contributed by atoms with Crippen molar-refractivity contribution >= 4 is 23.6 Å². The molecule has 0 fully saturated rings. The van der Waals surface area contributed by atoms with Crippen LogP contribution in [-0.2, 0) is 0 Å². The standard InChI is InChI=1S/C14H24N2OS/c1-6-16(7-2)11-10(12(17)13(11)18)15-9-8-14(3,4)5/h15H,6-9H2,1-5H3. The molecule has 1 rings (SSSR count). The number of nitrogens with zero attached hydrogens (tertiary/aromatic N) is 1. The minimum atomic E-state index is 0.000749. The maximum atomic E-state index is 11.8. The molecule has 0 heterocycles. The van der Waals surface area contributed by atoms with Gasteiger partial charge in [-0.1, -0.05) is 33.0 Å². The summed E-state index contributed by atoms with van der Waals surface area (Å²) in [6, 6.07) is 0. The number of anilines is 2. The Morgan fingerprint density at radius 1 is 1.22 bits per heavy atom. The molecule has 3 nitrogen and oxygen atoms in total. The molecule has 4 heteroatoms. The van der Waals surface area contributed by atoms with Gasteiger partial charge < -0.3 is 10.2 Å². The van der Waals surface area contributed by atoms with Gasteiger partial charge in [-0.05, 0) is 25.7 Å². The SMILES string of the molecule is CCN(CC)c1c(NCCC(C)(C)C)c(=O)c1=S. The first-order chi connectivity index (χ1) is 8.31. The van der Waals surface area contributed by atoms with Crippen molar-refractivity contribution in [1.29, 1.82) is 0 Å². The summed E-state index contributed by atoms with van der Waals surface area (Å²) in [5.41, 5.74) is 1.93. The van der Waals surface area contributed by atoms with Gasteiger partial charge in [0.1, 0.15) is 10.2 Å². The highest BCUT2D eigenvalue weighted by Crippen LogP contribution is 2.28. The van der Waals surface area contributed by atoms with Gasteiger partial charge in [0.2, 0.25) is 5.43 Å². The van der Waals surface area contributed by atoms with Crippen LogP contribution < -0.4 is 15.6 Å². The zero-order valence-corrected chi connectivity index (χ0v) is 12.9. The summed E-state index contributed by atoms with van der Waals surface area (Å²) in [6.45, 7) is 13.3. The van der Waals surface area contributed by atoms with Gasteiger partial charge in [0, 0.05) is 19.6 Å². The Morgan fingerprint density at radius 3 is 2.22 bits per heavy atom. The summed E-state index contributed by atoms with van der Waals surface area (Å²) in [7, 11) is 0. The molecule has 1 aromatic rings. The topological polar surface area (TPSA) is 32.3 Å². The number of nitrogens with one attached hydrogen (secondary N) is 1. The molecule has 1 N–H and O–H groups in total. The molecule has 102 valence electrons. The first-order valence-electron chi connectivity index (χ1n) is 6.64. The molecular formula is C14H24N2OS. The van der Waals surface area contributed by atoms with Gasteiger partial charge in [-0.15, -0.1) is 0 Å². The van der Waals surface area contributed by atoms with Crippen molar-refractivity contribution in [2.24, 2.45) is 5.41 Å². The van der Waals surface area contributed by atoms with Gasteiger partial charge in [-0.25, -0.2) is 0 Å². The molecule has 0 aromatic heterocycles. The molecule has 0 amide bonds. The van der Waals surface area contributed by atoms with Crippen LogP contribution in [0, 0.1) is 9.93 Å². The van der Waals surface area contributed by atoms with E-state index in [2.05, 4.69) is 44.8 Å². The number of hydrogen-bond donors (Lipinski definition) is 1. The first kappa shape index (κ1) is 15.2. The Bertz CT molecular complexity index is 463. The van der Waals surface area contributed by atoms with E-state index in [0.717, 1.165) is 31.7 Å². The van der Waals surface area contributed by atoms with E-state index in [1.54, 1.807) is 0 Å². The second kappa shape index (κ2) is 5.83. The Balaban J connectivity index is 2.76. The lowest BCUT2D eigenvalue weighted by atomic mass is 9.92. The van der Waals surface area contributed by atoms with Crippen molar-refractivity contribution in [3.63, 3.8) is 0 Å². The monoisotopic (exact) mass is 268 g/mol. The molecule has 0 saturated heterocycles. The van der Waals surface area contributed by atoms with Gasteiger partial charge in [0.05, 0.1) is 5.69 Å². The number of rotatable bonds is 6. The van der Waals surface area contributed by atoms with Crippen LogP contribution in [0.2, 0.25) is 0 Å². The molecule has 0 radical (unpaired) electrons. The zero-order chi connectivity index (χ0) is 13.9. The van der Waals surface area contributed by atoms with Gasteiger partial charge in [-0.3, -0.25) is 4.79 Å². The van der Waals surface area contributed by atoms with E-state index in [1.165, 1.54) is 0 Å². The van der Waals surface area contributed by atoms with E-state index in [4.69, 9.17) is 12.2 Å². The molecule has 0 aliphatic heterocycles. The van der Waals surface area contributed by atoms with E-state index in [0.29, 0.717) is 10.2 Å². The minimum absolute atomic E-state index is 0.000749. The third kappa shape index (κ3) is 3.31. The fourth-order valence-electron chi connectivity index (χ4n) is 1.95. The van der Waals surface area contributed by atoms with E-state index in [9.17, 15) is 4.79 Å². The summed E-state index contributed by atoms with van der Waals surface area (Å²) in [5, 5.41) is 3.26. The lowest BCUT2D eigenvalue weighted by Crippen LogP contribution is -2.31. The summed E-state index contributed by atoms with van der Waals surface area (Å²) in [4.78, 5) is 13.9. The largest absolute Gasteiger partial charge is 0.380 e. The lowest BCUT2D eigenvalue weighted by molar-refractivity contribution is 0.389. The normalized spacial score (nSPS) is 11.8. The molecule has 0 aliphatic carbocycles. The molecule has 0 atom stereocenters. The van der Waals surface area contributed by atoms with E-state index >= 15 is 0 Å². The lowest BCUT2D eigenvalue weighted by Gasteiger charge is -2.27. The first-order valence-corrected chi connectivity index (χ1v) is 7.04. The minimum Gasteiger partial charge on any atom is -0.380 e. The van der Waals surface area contributed by atoms with Crippen LogP contribution >= 0.6 is 12.2 Å². The maximum Gasteiger partial charge on any atom is 0.223 e. The molecule has 1 aromatic carbocycles. The van der Waals surface area contributed by atoms with Crippen LogP contribution in [0.5, 0.6) is 0 Å². The predicted octanol–water partition coefficient (Wildman–Crippen LogP) is 3.35. The fourth-order valence-corrected chi connectivity index (χ4v) is 2.28. The van der Waals surface area contributed by atoms with E-state index in [1.807, 2.05) is 0 Å². The second-order valence-electron chi connectivity index (χ2n) is 5.79. The van der Waals surface area contributed by atoms with Crippen molar-refractivity contribution in [1.82, 2.24) is 0 Å². The Kier molecular flexibility index (Phi) is 4.91. The Labute approximate surface area is 115 Å². The van der Waals surface area contributed by atoms with Crippen LogP contribution in [0.3, 0.4) is 0 Å². The van der Waals surface area contributed by atoms with Crippen molar-refractivity contribution in [3.8, 4) is 0 Å². The molecule has 18 heavy (non-hydrogen) atoms. The summed E-state index contributed by atoms with van der Waals surface area (Å²) < 4.78 is 0.483. The van der Waals surface area contributed by atoms with Crippen LogP contribution in [0.1, 0.15) is 41.0 Å². The molecule has 0 spiro atoms. The van der Waals surface area contributed by atoms with Crippen molar-refractivity contribution in [2.45, 2.75) is 41.0 Å². The predicted molar refractivity (Wildman–Crippen MR) is 82.0 cm³/mol. The fraction of sp³-hybridized carbons (Fsp3) is 0.714. The van der Waals surface area contributed by atoms with Crippen molar-refractivity contribution in [3.05, 3.63) is 14.7 Å². The van der Waals surface area contributed by atoms with E-state index < -0.39 is 0 Å². The third-order valence-electron chi connectivity index (χ3n) is 3.14. The Morgan fingerprint density at radius 2 is 1.78 bits per heavy atom. The quantitative estimate of drug-likeness (QED) is 0.802. The van der Waals surface area contributed by atoms with Gasteiger partial charge >= 0.3 is 0 Å². The van der Waals surface area contributed by atoms with Crippen LogP contribution in [0.25, 0.3) is 0 Å². The maximum absolute atomic E-state index is 11.8. The highest BCUT2D eigenvalue weighted by molar-refractivity contribution is 7.71.